The summed E-state index contributed by atoms with van der Waals surface area (Å²) in [6.07, 6.45) is 0. The van der Waals surface area contributed by atoms with Crippen LogP contribution in [-0.4, -0.2) is 30.7 Å². The minimum atomic E-state index is -0.548. The molecular weight excluding hydrogens is 330 g/mol. The highest BCUT2D eigenvalue weighted by Crippen LogP contribution is 2.32. The molecule has 0 fully saturated rings. The van der Waals surface area contributed by atoms with Gasteiger partial charge in [-0.25, -0.2) is 9.59 Å². The number of amides is 1. The van der Waals surface area contributed by atoms with E-state index < -0.39 is 11.9 Å². The van der Waals surface area contributed by atoms with Crippen LogP contribution in [0, 0.1) is 0 Å². The van der Waals surface area contributed by atoms with Crippen LogP contribution in [0.4, 0.5) is 5.69 Å². The molecule has 7 heteroatoms. The lowest BCUT2D eigenvalue weighted by Crippen LogP contribution is -2.19. The Morgan fingerprint density at radius 3 is 2.46 bits per heavy atom. The van der Waals surface area contributed by atoms with E-state index in [1.165, 1.54) is 43.1 Å². The number of rotatable bonds is 3. The fourth-order valence-corrected chi connectivity index (χ4v) is 2.94. The second-order valence-corrected chi connectivity index (χ2v) is 5.97. The number of nitrogens with one attached hydrogen (secondary N) is 1. The SMILES string of the molecule is COC(=O)c1ccc(OC(=O)c2ccc3c(c2)NC(=O)CS3)cc1. The first-order valence-corrected chi connectivity index (χ1v) is 8.02. The Morgan fingerprint density at radius 1 is 1.04 bits per heavy atom. The molecule has 1 N–H and O–H groups in total. The van der Waals surface area contributed by atoms with Crippen molar-refractivity contribution < 1.29 is 23.9 Å². The fraction of sp³-hybridized carbons (Fsp3) is 0.118. The van der Waals surface area contributed by atoms with Crippen molar-refractivity contribution in [3.8, 4) is 5.75 Å². The first-order valence-electron chi connectivity index (χ1n) is 7.04. The molecule has 1 aliphatic rings. The van der Waals surface area contributed by atoms with E-state index >= 15 is 0 Å². The largest absolute Gasteiger partial charge is 0.465 e. The first-order chi connectivity index (χ1) is 11.6. The van der Waals surface area contributed by atoms with Crippen molar-refractivity contribution in [1.82, 2.24) is 0 Å². The first kappa shape index (κ1) is 16.1. The maximum atomic E-state index is 12.2. The average Bonchev–Trinajstić information content (AvgIpc) is 2.61. The van der Waals surface area contributed by atoms with Crippen LogP contribution in [0.5, 0.6) is 5.75 Å². The van der Waals surface area contributed by atoms with Crippen molar-refractivity contribution in [3.05, 3.63) is 53.6 Å². The second-order valence-electron chi connectivity index (χ2n) is 4.95. The summed E-state index contributed by atoms with van der Waals surface area (Å²) in [5, 5.41) is 2.73. The third-order valence-corrected chi connectivity index (χ3v) is 4.41. The van der Waals surface area contributed by atoms with Crippen LogP contribution in [0.1, 0.15) is 20.7 Å². The molecule has 0 bridgehead atoms. The monoisotopic (exact) mass is 343 g/mol. The molecule has 2 aromatic carbocycles. The van der Waals surface area contributed by atoms with Gasteiger partial charge in [0, 0.05) is 4.90 Å². The van der Waals surface area contributed by atoms with E-state index in [-0.39, 0.29) is 5.91 Å². The lowest BCUT2D eigenvalue weighted by Gasteiger charge is -2.16. The summed E-state index contributed by atoms with van der Waals surface area (Å²) in [6.45, 7) is 0. The Labute approximate surface area is 142 Å². The molecule has 0 aromatic heterocycles. The number of fused-ring (bicyclic) bond motifs is 1. The van der Waals surface area contributed by atoms with Gasteiger partial charge in [0.05, 0.1) is 29.7 Å². The summed E-state index contributed by atoms with van der Waals surface area (Å²) in [6, 6.07) is 11.1. The van der Waals surface area contributed by atoms with Gasteiger partial charge in [-0.15, -0.1) is 11.8 Å². The summed E-state index contributed by atoms with van der Waals surface area (Å²) in [5.41, 5.74) is 1.30. The van der Waals surface area contributed by atoms with E-state index in [9.17, 15) is 14.4 Å². The maximum absolute atomic E-state index is 12.2. The van der Waals surface area contributed by atoms with Crippen molar-refractivity contribution in [3.63, 3.8) is 0 Å². The highest BCUT2D eigenvalue weighted by Gasteiger charge is 2.18. The second kappa shape index (κ2) is 6.76. The normalized spacial score (nSPS) is 12.8. The van der Waals surface area contributed by atoms with E-state index in [0.717, 1.165) is 4.90 Å². The van der Waals surface area contributed by atoms with E-state index in [1.54, 1.807) is 18.2 Å². The summed E-state index contributed by atoms with van der Waals surface area (Å²) >= 11 is 1.42. The van der Waals surface area contributed by atoms with Crippen LogP contribution in [0.2, 0.25) is 0 Å². The fourth-order valence-electron chi connectivity index (χ4n) is 2.15. The van der Waals surface area contributed by atoms with Gasteiger partial charge in [-0.1, -0.05) is 0 Å². The number of ether oxygens (including phenoxy) is 2. The van der Waals surface area contributed by atoms with Gasteiger partial charge in [-0.3, -0.25) is 4.79 Å². The summed E-state index contributed by atoms with van der Waals surface area (Å²) in [5.74, 6) is -0.437. The lowest BCUT2D eigenvalue weighted by molar-refractivity contribution is -0.113. The van der Waals surface area contributed by atoms with E-state index in [4.69, 9.17) is 4.74 Å². The lowest BCUT2D eigenvalue weighted by atomic mass is 10.2. The van der Waals surface area contributed by atoms with Crippen LogP contribution in [-0.2, 0) is 9.53 Å². The summed E-state index contributed by atoms with van der Waals surface area (Å²) < 4.78 is 9.88. The molecule has 6 nitrogen and oxygen atoms in total. The number of esters is 2. The predicted molar refractivity (Wildman–Crippen MR) is 88.5 cm³/mol. The maximum Gasteiger partial charge on any atom is 0.343 e. The van der Waals surface area contributed by atoms with Crippen molar-refractivity contribution in [2.24, 2.45) is 0 Å². The quantitative estimate of drug-likeness (QED) is 0.682. The zero-order chi connectivity index (χ0) is 17.1. The van der Waals surface area contributed by atoms with E-state index in [2.05, 4.69) is 10.1 Å². The molecule has 24 heavy (non-hydrogen) atoms. The van der Waals surface area contributed by atoms with Crippen LogP contribution in [0.15, 0.2) is 47.4 Å². The minimum absolute atomic E-state index is 0.101. The molecular formula is C17H13NO5S. The Hall–Kier alpha value is -2.80. The van der Waals surface area contributed by atoms with E-state index in [1.807, 2.05) is 0 Å². The molecule has 0 atom stereocenters. The molecule has 0 radical (unpaired) electrons. The third-order valence-electron chi connectivity index (χ3n) is 3.33. The molecule has 0 unspecified atom stereocenters. The Balaban J connectivity index is 1.74. The van der Waals surface area contributed by atoms with Crippen LogP contribution < -0.4 is 10.1 Å². The van der Waals surface area contributed by atoms with Crippen molar-refractivity contribution in [1.29, 1.82) is 0 Å². The molecule has 0 aliphatic carbocycles. The van der Waals surface area contributed by atoms with Gasteiger partial charge in [0.15, 0.2) is 0 Å². The standard InChI is InChI=1S/C17H13NO5S/c1-22-16(20)10-2-5-12(6-3-10)23-17(21)11-4-7-14-13(8-11)18-15(19)9-24-14/h2-8H,9H2,1H3,(H,18,19). The zero-order valence-electron chi connectivity index (χ0n) is 12.7. The third kappa shape index (κ3) is 3.41. The van der Waals surface area contributed by atoms with Crippen molar-refractivity contribution in [2.75, 3.05) is 18.2 Å². The summed E-state index contributed by atoms with van der Waals surface area (Å²) in [7, 11) is 1.30. The molecule has 122 valence electrons. The Kier molecular flexibility index (Phi) is 4.52. The number of benzene rings is 2. The molecule has 1 aliphatic heterocycles. The molecule has 1 heterocycles. The highest BCUT2D eigenvalue weighted by atomic mass is 32.2. The van der Waals surface area contributed by atoms with Gasteiger partial charge in [0.2, 0.25) is 5.91 Å². The molecule has 0 spiro atoms. The molecule has 3 rings (SSSR count). The Morgan fingerprint density at radius 2 is 1.75 bits per heavy atom. The predicted octanol–water partition coefficient (Wildman–Crippen LogP) is 2.74. The number of carbonyl (C=O) groups is 3. The van der Waals surface area contributed by atoms with E-state index in [0.29, 0.717) is 28.3 Å². The number of methoxy groups -OCH3 is 1. The van der Waals surface area contributed by atoms with Crippen LogP contribution in [0.3, 0.4) is 0 Å². The topological polar surface area (TPSA) is 81.7 Å². The number of anilines is 1. The summed E-state index contributed by atoms with van der Waals surface area (Å²) in [4.78, 5) is 35.9. The number of hydrogen-bond acceptors (Lipinski definition) is 6. The molecule has 0 saturated carbocycles. The van der Waals surface area contributed by atoms with Gasteiger partial charge in [0.25, 0.3) is 0 Å². The van der Waals surface area contributed by atoms with Gasteiger partial charge < -0.3 is 14.8 Å². The van der Waals surface area contributed by atoms with Crippen LogP contribution in [0.25, 0.3) is 0 Å². The minimum Gasteiger partial charge on any atom is -0.465 e. The Bertz CT molecular complexity index is 816. The van der Waals surface area contributed by atoms with Crippen molar-refractivity contribution >= 4 is 35.3 Å². The number of thioether (sulfide) groups is 1. The number of carbonyl (C=O) groups excluding carboxylic acids is 3. The van der Waals surface area contributed by atoms with Gasteiger partial charge in [-0.05, 0) is 42.5 Å². The molecule has 2 aromatic rings. The van der Waals surface area contributed by atoms with Crippen molar-refractivity contribution in [2.45, 2.75) is 4.90 Å². The van der Waals surface area contributed by atoms with Gasteiger partial charge in [0.1, 0.15) is 5.75 Å². The molecule has 0 saturated heterocycles. The van der Waals surface area contributed by atoms with Gasteiger partial charge in [-0.2, -0.15) is 0 Å². The van der Waals surface area contributed by atoms with Gasteiger partial charge >= 0.3 is 11.9 Å². The highest BCUT2D eigenvalue weighted by molar-refractivity contribution is 8.00. The zero-order valence-corrected chi connectivity index (χ0v) is 13.5. The average molecular weight is 343 g/mol. The number of hydrogen-bond donors (Lipinski definition) is 1. The smallest absolute Gasteiger partial charge is 0.343 e. The molecule has 1 amide bonds. The van der Waals surface area contributed by atoms with Crippen LogP contribution >= 0.6 is 11.8 Å².